The number of anilines is 3. The van der Waals surface area contributed by atoms with Crippen LogP contribution < -0.4 is 10.6 Å². The van der Waals surface area contributed by atoms with Gasteiger partial charge in [-0.15, -0.1) is 0 Å². The lowest BCUT2D eigenvalue weighted by molar-refractivity contribution is 0.625. The maximum Gasteiger partial charge on any atom is 0.229 e. The first-order chi connectivity index (χ1) is 12.6. The number of benzene rings is 1. The molecule has 2 aromatic heterocycles. The maximum absolute atomic E-state index is 13.4. The Morgan fingerprint density at radius 3 is 2.96 bits per heavy atom. The molecule has 3 aromatic rings. The highest BCUT2D eigenvalue weighted by atomic mass is 19.1. The number of halogens is 1. The molecule has 0 atom stereocenters. The van der Waals surface area contributed by atoms with Gasteiger partial charge in [0.1, 0.15) is 11.6 Å². The minimum absolute atomic E-state index is 0. The molecule has 26 heavy (non-hydrogen) atoms. The highest BCUT2D eigenvalue weighted by Crippen LogP contribution is 2.18. The van der Waals surface area contributed by atoms with Crippen LogP contribution >= 0.6 is 0 Å². The Hall–Kier alpha value is -3.80. The molecule has 3 N–H and O–H groups in total. The van der Waals surface area contributed by atoms with E-state index in [1.807, 2.05) is 6.07 Å². The van der Waals surface area contributed by atoms with Crippen LogP contribution in [-0.2, 0) is 13.6 Å². The van der Waals surface area contributed by atoms with Crippen molar-refractivity contribution in [2.45, 2.75) is 6.54 Å². The number of nitrogens with one attached hydrogen (secondary N) is 3. The number of nitrogens with zero attached hydrogens (tertiary/aromatic N) is 5. The van der Waals surface area contributed by atoms with Gasteiger partial charge in [0.25, 0.3) is 0 Å². The van der Waals surface area contributed by atoms with Gasteiger partial charge in [0.2, 0.25) is 5.95 Å². The van der Waals surface area contributed by atoms with Crippen molar-refractivity contribution in [2.24, 2.45) is 7.05 Å². The molecule has 0 unspecified atom stereocenters. The average molecular weight is 352 g/mol. The SMILES string of the molecule is Cn1cc(Nc2ncc(C=N)c(NCc3cc(F)ccc3C#N)n2)cn1.[HH]. The Kier molecular flexibility index (Phi) is 4.85. The number of aromatic nitrogens is 4. The Labute approximate surface area is 150 Å². The standard InChI is InChI=1S/C17H15FN8.H2/c1-26-10-15(9-23-26)24-17-22-8-13(6-20)16(25-17)21-7-12-4-14(18)3-2-11(12)5-19;/h2-4,6,8-10,20H,7H2,1H3,(H2,21,22,24,25);1H. The van der Waals surface area contributed by atoms with Crippen LogP contribution in [-0.4, -0.2) is 26.0 Å². The fourth-order valence-electron chi connectivity index (χ4n) is 2.31. The van der Waals surface area contributed by atoms with Gasteiger partial charge in [-0.05, 0) is 23.8 Å². The zero-order chi connectivity index (χ0) is 18.5. The topological polar surface area (TPSA) is 115 Å². The lowest BCUT2D eigenvalue weighted by Gasteiger charge is -2.11. The lowest BCUT2D eigenvalue weighted by atomic mass is 10.1. The number of aryl methyl sites for hydroxylation is 1. The van der Waals surface area contributed by atoms with Crippen LogP contribution in [0.3, 0.4) is 0 Å². The second kappa shape index (κ2) is 7.40. The Morgan fingerprint density at radius 1 is 1.42 bits per heavy atom. The van der Waals surface area contributed by atoms with Crippen LogP contribution in [0, 0.1) is 22.6 Å². The molecule has 2 heterocycles. The zero-order valence-electron chi connectivity index (χ0n) is 13.9. The van der Waals surface area contributed by atoms with E-state index in [0.717, 1.165) is 11.9 Å². The van der Waals surface area contributed by atoms with Crippen LogP contribution in [0.15, 0.2) is 36.8 Å². The summed E-state index contributed by atoms with van der Waals surface area (Å²) in [5.41, 5.74) is 2.07. The minimum Gasteiger partial charge on any atom is -0.365 e. The summed E-state index contributed by atoms with van der Waals surface area (Å²) in [5.74, 6) is 0.301. The van der Waals surface area contributed by atoms with Crippen molar-refractivity contribution < 1.29 is 5.82 Å². The lowest BCUT2D eigenvalue weighted by Crippen LogP contribution is -2.08. The normalized spacial score (nSPS) is 10.2. The summed E-state index contributed by atoms with van der Waals surface area (Å²) in [5, 5.41) is 26.7. The number of rotatable bonds is 6. The van der Waals surface area contributed by atoms with Gasteiger partial charge in [-0.25, -0.2) is 9.37 Å². The summed E-state index contributed by atoms with van der Waals surface area (Å²) in [6.45, 7) is 0.185. The summed E-state index contributed by atoms with van der Waals surface area (Å²) >= 11 is 0. The third-order valence-electron chi connectivity index (χ3n) is 3.57. The van der Waals surface area contributed by atoms with Gasteiger partial charge in [0.05, 0.1) is 29.1 Å². The first kappa shape index (κ1) is 17.0. The van der Waals surface area contributed by atoms with Crippen molar-refractivity contribution in [3.05, 3.63) is 59.3 Å². The van der Waals surface area contributed by atoms with Gasteiger partial charge in [-0.3, -0.25) is 4.68 Å². The molecular weight excluding hydrogens is 335 g/mol. The fraction of sp³-hybridized carbons (Fsp3) is 0.118. The first-order valence-corrected chi connectivity index (χ1v) is 7.64. The molecule has 0 radical (unpaired) electrons. The van der Waals surface area contributed by atoms with Crippen LogP contribution in [0.2, 0.25) is 0 Å². The quantitative estimate of drug-likeness (QED) is 0.588. The molecule has 0 saturated carbocycles. The monoisotopic (exact) mass is 352 g/mol. The Bertz CT molecular complexity index is 995. The van der Waals surface area contributed by atoms with Crippen molar-refractivity contribution in [2.75, 3.05) is 10.6 Å². The largest absolute Gasteiger partial charge is 0.365 e. The van der Waals surface area contributed by atoms with Crippen molar-refractivity contribution in [1.82, 2.24) is 19.7 Å². The predicted octanol–water partition coefficient (Wildman–Crippen LogP) is 2.82. The van der Waals surface area contributed by atoms with E-state index in [-0.39, 0.29) is 7.97 Å². The van der Waals surface area contributed by atoms with Gasteiger partial charge >= 0.3 is 0 Å². The summed E-state index contributed by atoms with van der Waals surface area (Å²) < 4.78 is 15.1. The Morgan fingerprint density at radius 2 is 2.27 bits per heavy atom. The summed E-state index contributed by atoms with van der Waals surface area (Å²) in [6, 6.07) is 6.00. The molecule has 0 amide bonds. The summed E-state index contributed by atoms with van der Waals surface area (Å²) in [7, 11) is 1.79. The predicted molar refractivity (Wildman–Crippen MR) is 97.0 cm³/mol. The molecule has 0 aliphatic carbocycles. The molecule has 0 fully saturated rings. The summed E-state index contributed by atoms with van der Waals surface area (Å²) in [6.07, 6.45) is 6.02. The highest BCUT2D eigenvalue weighted by Gasteiger charge is 2.09. The number of hydrogen-bond acceptors (Lipinski definition) is 7. The van der Waals surface area contributed by atoms with E-state index < -0.39 is 5.82 Å². The second-order valence-corrected chi connectivity index (χ2v) is 5.44. The van der Waals surface area contributed by atoms with Gasteiger partial charge < -0.3 is 16.0 Å². The van der Waals surface area contributed by atoms with Crippen LogP contribution in [0.25, 0.3) is 0 Å². The molecule has 132 valence electrons. The number of hydrogen-bond donors (Lipinski definition) is 3. The van der Waals surface area contributed by atoms with Crippen molar-refractivity contribution in [1.29, 1.82) is 10.7 Å². The molecule has 0 spiro atoms. The van der Waals surface area contributed by atoms with Gasteiger partial charge in [-0.2, -0.15) is 15.3 Å². The van der Waals surface area contributed by atoms with Crippen LogP contribution in [0.4, 0.5) is 21.8 Å². The molecule has 9 heteroatoms. The van der Waals surface area contributed by atoms with Crippen LogP contribution in [0.5, 0.6) is 0 Å². The van der Waals surface area contributed by atoms with Gasteiger partial charge in [-0.1, -0.05) is 0 Å². The third-order valence-corrected chi connectivity index (χ3v) is 3.57. The molecule has 3 rings (SSSR count). The van der Waals surface area contributed by atoms with E-state index in [1.54, 1.807) is 24.1 Å². The van der Waals surface area contributed by atoms with E-state index in [4.69, 9.17) is 10.7 Å². The molecule has 0 bridgehead atoms. The van der Waals surface area contributed by atoms with Crippen molar-refractivity contribution in [3.8, 4) is 6.07 Å². The Balaban J connectivity index is 0.00000261. The highest BCUT2D eigenvalue weighted by molar-refractivity contribution is 5.84. The van der Waals surface area contributed by atoms with Gasteiger partial charge in [0.15, 0.2) is 0 Å². The van der Waals surface area contributed by atoms with Gasteiger partial charge in [0, 0.05) is 33.6 Å². The third kappa shape index (κ3) is 3.81. The van der Waals surface area contributed by atoms with E-state index in [1.165, 1.54) is 24.4 Å². The van der Waals surface area contributed by atoms with E-state index in [2.05, 4.69) is 25.7 Å². The van der Waals surface area contributed by atoms with E-state index in [0.29, 0.717) is 28.5 Å². The molecule has 0 saturated heterocycles. The maximum atomic E-state index is 13.4. The molecule has 0 aliphatic rings. The average Bonchev–Trinajstić information content (AvgIpc) is 3.05. The van der Waals surface area contributed by atoms with Crippen LogP contribution in [0.1, 0.15) is 18.1 Å². The minimum atomic E-state index is -0.422. The number of nitriles is 1. The fourth-order valence-corrected chi connectivity index (χ4v) is 2.31. The van der Waals surface area contributed by atoms with E-state index >= 15 is 0 Å². The first-order valence-electron chi connectivity index (χ1n) is 7.64. The molecule has 1 aromatic carbocycles. The smallest absolute Gasteiger partial charge is 0.229 e. The van der Waals surface area contributed by atoms with E-state index in [9.17, 15) is 4.39 Å². The molecule has 0 aliphatic heterocycles. The summed E-state index contributed by atoms with van der Waals surface area (Å²) in [4.78, 5) is 8.50. The molecule has 8 nitrogen and oxygen atoms in total. The van der Waals surface area contributed by atoms with Crippen molar-refractivity contribution >= 4 is 23.7 Å². The van der Waals surface area contributed by atoms with Crippen molar-refractivity contribution in [3.63, 3.8) is 0 Å². The molecular formula is C17H17FN8. The second-order valence-electron chi connectivity index (χ2n) is 5.44. The zero-order valence-corrected chi connectivity index (χ0v) is 13.9.